The number of anilines is 1. The molecule has 2 heterocycles. The van der Waals surface area contributed by atoms with Gasteiger partial charge < -0.3 is 14.6 Å². The van der Waals surface area contributed by atoms with E-state index < -0.39 is 0 Å². The number of halogens is 2. The highest BCUT2D eigenvalue weighted by Gasteiger charge is 2.51. The number of rotatable bonds is 6. The van der Waals surface area contributed by atoms with Crippen molar-refractivity contribution in [3.63, 3.8) is 0 Å². The molecule has 2 aromatic rings. The number of carbonyl (C=O) groups is 1. The van der Waals surface area contributed by atoms with Crippen molar-refractivity contribution in [1.82, 2.24) is 10.2 Å². The number of benzene rings is 1. The first-order valence-electron chi connectivity index (χ1n) is 11.8. The Morgan fingerprint density at radius 2 is 1.91 bits per heavy atom. The Hall–Kier alpha value is -1.69. The summed E-state index contributed by atoms with van der Waals surface area (Å²) in [5, 5.41) is 4.44. The van der Waals surface area contributed by atoms with Crippen LogP contribution in [-0.4, -0.2) is 48.6 Å². The molecule has 32 heavy (non-hydrogen) atoms. The van der Waals surface area contributed by atoms with E-state index in [0.29, 0.717) is 21.3 Å². The molecule has 5 nitrogen and oxygen atoms in total. The third-order valence-electron chi connectivity index (χ3n) is 7.63. The van der Waals surface area contributed by atoms with Crippen LogP contribution in [0.25, 0.3) is 0 Å². The van der Waals surface area contributed by atoms with Crippen LogP contribution in [0.3, 0.4) is 0 Å². The molecule has 2 saturated carbocycles. The van der Waals surface area contributed by atoms with Gasteiger partial charge in [-0.05, 0) is 81.7 Å². The molecule has 0 radical (unpaired) electrons. The molecular weight excluding hydrogens is 445 g/mol. The maximum atomic E-state index is 12.2. The van der Waals surface area contributed by atoms with Crippen LogP contribution in [0.1, 0.15) is 55.5 Å². The summed E-state index contributed by atoms with van der Waals surface area (Å²) in [6.45, 7) is 4.29. The molecule has 2 aliphatic carbocycles. The fourth-order valence-electron chi connectivity index (χ4n) is 5.52. The van der Waals surface area contributed by atoms with E-state index in [1.54, 1.807) is 18.4 Å². The van der Waals surface area contributed by atoms with E-state index in [9.17, 15) is 4.79 Å². The molecule has 0 bridgehead atoms. The number of hydrogen-bond donors (Lipinski definition) is 1. The first-order chi connectivity index (χ1) is 15.5. The molecule has 1 aromatic heterocycles. The zero-order valence-corrected chi connectivity index (χ0v) is 19.9. The minimum Gasteiger partial charge on any atom is -0.459 e. The second-order valence-corrected chi connectivity index (χ2v) is 10.4. The fourth-order valence-corrected chi connectivity index (χ4v) is 5.94. The average molecular weight is 476 g/mol. The van der Waals surface area contributed by atoms with E-state index in [-0.39, 0.29) is 11.9 Å². The Morgan fingerprint density at radius 3 is 2.62 bits per heavy atom. The number of nitrogens with one attached hydrogen (secondary N) is 1. The molecular formula is C25H31Cl2N3O2. The van der Waals surface area contributed by atoms with Crippen LogP contribution < -0.4 is 10.2 Å². The maximum absolute atomic E-state index is 12.2. The van der Waals surface area contributed by atoms with Crippen LogP contribution in [0.4, 0.5) is 5.69 Å². The quantitative estimate of drug-likeness (QED) is 0.588. The van der Waals surface area contributed by atoms with Gasteiger partial charge in [0, 0.05) is 31.2 Å². The van der Waals surface area contributed by atoms with E-state index in [2.05, 4.69) is 21.2 Å². The summed E-state index contributed by atoms with van der Waals surface area (Å²) in [4.78, 5) is 17.4. The van der Waals surface area contributed by atoms with Crippen molar-refractivity contribution in [2.45, 2.75) is 56.5 Å². The van der Waals surface area contributed by atoms with Gasteiger partial charge in [-0.15, -0.1) is 0 Å². The normalized spacial score (nSPS) is 25.1. The Morgan fingerprint density at radius 1 is 1.09 bits per heavy atom. The van der Waals surface area contributed by atoms with Crippen molar-refractivity contribution in [1.29, 1.82) is 0 Å². The Bertz CT molecular complexity index is 937. The SMILES string of the molecule is O=C(N[C@H]1CC[C@H](CCN2CCN(c3cccc(Cl)c3Cl)CC23CC3)CC1)c1ccco1. The van der Waals surface area contributed by atoms with Crippen molar-refractivity contribution in [2.24, 2.45) is 5.92 Å². The van der Waals surface area contributed by atoms with Crippen LogP contribution >= 0.6 is 23.2 Å². The molecule has 1 aliphatic heterocycles. The lowest BCUT2D eigenvalue weighted by Gasteiger charge is -2.44. The Labute approximate surface area is 200 Å². The predicted octanol–water partition coefficient (Wildman–Crippen LogP) is 5.62. The van der Waals surface area contributed by atoms with Gasteiger partial charge in [0.2, 0.25) is 0 Å². The van der Waals surface area contributed by atoms with Gasteiger partial charge in [-0.2, -0.15) is 0 Å². The summed E-state index contributed by atoms with van der Waals surface area (Å²) >= 11 is 12.7. The fraction of sp³-hybridized carbons (Fsp3) is 0.560. The van der Waals surface area contributed by atoms with Gasteiger partial charge >= 0.3 is 0 Å². The van der Waals surface area contributed by atoms with Crippen LogP contribution in [0.2, 0.25) is 10.0 Å². The van der Waals surface area contributed by atoms with Crippen LogP contribution in [0.15, 0.2) is 41.0 Å². The molecule has 3 aliphatic rings. The molecule has 1 N–H and O–H groups in total. The first-order valence-corrected chi connectivity index (χ1v) is 12.6. The van der Waals surface area contributed by atoms with Gasteiger partial charge in [0.1, 0.15) is 0 Å². The number of carbonyl (C=O) groups excluding carboxylic acids is 1. The monoisotopic (exact) mass is 475 g/mol. The van der Waals surface area contributed by atoms with Crippen LogP contribution in [-0.2, 0) is 0 Å². The van der Waals surface area contributed by atoms with Crippen LogP contribution in [0.5, 0.6) is 0 Å². The van der Waals surface area contributed by atoms with Gasteiger partial charge in [0.05, 0.1) is 22.0 Å². The number of amides is 1. The summed E-state index contributed by atoms with van der Waals surface area (Å²) in [6, 6.07) is 9.67. The highest BCUT2D eigenvalue weighted by Crippen LogP contribution is 2.46. The highest BCUT2D eigenvalue weighted by atomic mass is 35.5. The number of furan rings is 1. The second-order valence-electron chi connectivity index (χ2n) is 9.66. The topological polar surface area (TPSA) is 48.7 Å². The molecule has 5 rings (SSSR count). The highest BCUT2D eigenvalue weighted by molar-refractivity contribution is 6.43. The number of hydrogen-bond acceptors (Lipinski definition) is 4. The molecule has 172 valence electrons. The Kier molecular flexibility index (Phi) is 6.42. The zero-order valence-electron chi connectivity index (χ0n) is 18.4. The lowest BCUT2D eigenvalue weighted by atomic mass is 9.84. The molecule has 1 saturated heterocycles. The minimum atomic E-state index is -0.0909. The van der Waals surface area contributed by atoms with E-state index in [0.717, 1.165) is 44.1 Å². The van der Waals surface area contributed by atoms with Crippen molar-refractivity contribution in [3.05, 3.63) is 52.4 Å². The van der Waals surface area contributed by atoms with Crippen LogP contribution in [0, 0.1) is 5.92 Å². The molecule has 3 fully saturated rings. The lowest BCUT2D eigenvalue weighted by Crippen LogP contribution is -2.55. The molecule has 1 spiro atoms. The van der Waals surface area contributed by atoms with Gasteiger partial charge in [-0.3, -0.25) is 9.69 Å². The first kappa shape index (κ1) is 22.1. The summed E-state index contributed by atoms with van der Waals surface area (Å²) in [5.74, 6) is 1.06. The predicted molar refractivity (Wildman–Crippen MR) is 129 cm³/mol. The van der Waals surface area contributed by atoms with Gasteiger partial charge in [-0.25, -0.2) is 0 Å². The van der Waals surface area contributed by atoms with Crippen molar-refractivity contribution in [3.8, 4) is 0 Å². The molecule has 1 amide bonds. The largest absolute Gasteiger partial charge is 0.459 e. The van der Waals surface area contributed by atoms with E-state index in [1.165, 1.54) is 38.6 Å². The molecule has 1 aromatic carbocycles. The second kappa shape index (κ2) is 9.28. The molecule has 0 unspecified atom stereocenters. The molecule has 0 atom stereocenters. The number of nitrogens with zero attached hydrogens (tertiary/aromatic N) is 2. The lowest BCUT2D eigenvalue weighted by molar-refractivity contribution is 0.0888. The van der Waals surface area contributed by atoms with Gasteiger partial charge in [-0.1, -0.05) is 29.3 Å². The number of piperazine rings is 1. The summed E-state index contributed by atoms with van der Waals surface area (Å²) in [6.07, 6.45) is 9.83. The van der Waals surface area contributed by atoms with Gasteiger partial charge in [0.25, 0.3) is 5.91 Å². The summed E-state index contributed by atoms with van der Waals surface area (Å²) < 4.78 is 5.20. The average Bonchev–Trinajstić information content (AvgIpc) is 3.33. The van der Waals surface area contributed by atoms with Crippen molar-refractivity contribution < 1.29 is 9.21 Å². The Balaban J connectivity index is 1.09. The smallest absolute Gasteiger partial charge is 0.287 e. The van der Waals surface area contributed by atoms with Crippen molar-refractivity contribution >= 4 is 34.8 Å². The third kappa shape index (κ3) is 4.66. The van der Waals surface area contributed by atoms with Gasteiger partial charge in [0.15, 0.2) is 5.76 Å². The zero-order chi connectivity index (χ0) is 22.1. The van der Waals surface area contributed by atoms with Crippen molar-refractivity contribution in [2.75, 3.05) is 31.1 Å². The van der Waals surface area contributed by atoms with E-state index in [1.807, 2.05) is 12.1 Å². The summed E-state index contributed by atoms with van der Waals surface area (Å²) in [7, 11) is 0. The third-order valence-corrected chi connectivity index (χ3v) is 8.44. The van der Waals surface area contributed by atoms with E-state index >= 15 is 0 Å². The standard InChI is InChI=1S/C25H31Cl2N3O2/c26-20-3-1-4-21(23(20)27)29-14-15-30(25(17-29)11-12-25)13-10-18-6-8-19(9-7-18)28-24(31)22-5-2-16-32-22/h1-5,16,18-19H,6-15,17H2,(H,28,31)/t18-,19-. The summed E-state index contributed by atoms with van der Waals surface area (Å²) in [5.41, 5.74) is 1.39. The minimum absolute atomic E-state index is 0.0909. The molecule has 7 heteroatoms. The maximum Gasteiger partial charge on any atom is 0.287 e. The van der Waals surface area contributed by atoms with E-state index in [4.69, 9.17) is 27.6 Å².